The first kappa shape index (κ1) is 20.6. The van der Waals surface area contributed by atoms with Crippen LogP contribution in [-0.4, -0.2) is 47.2 Å². The molecule has 0 spiro atoms. The number of rotatable bonds is 5. The molecule has 0 aromatic heterocycles. The molecule has 8 nitrogen and oxygen atoms in total. The number of amides is 4. The number of benzene rings is 2. The summed E-state index contributed by atoms with van der Waals surface area (Å²) in [5.74, 6) is -1.09. The number of carbonyl (C=O) groups excluding carboxylic acids is 4. The van der Waals surface area contributed by atoms with Crippen LogP contribution in [0, 0.1) is 0 Å². The summed E-state index contributed by atoms with van der Waals surface area (Å²) in [4.78, 5) is 53.1. The molecule has 2 aromatic carbocycles. The van der Waals surface area contributed by atoms with Gasteiger partial charge < -0.3 is 15.0 Å². The van der Waals surface area contributed by atoms with Gasteiger partial charge in [0.1, 0.15) is 11.8 Å². The second-order valence-corrected chi connectivity index (χ2v) is 7.62. The first-order valence-electron chi connectivity index (χ1n) is 10.2. The van der Waals surface area contributed by atoms with Crippen LogP contribution in [-0.2, 0) is 9.59 Å². The molecular formula is C23H23N3O5. The molecule has 160 valence electrons. The van der Waals surface area contributed by atoms with E-state index >= 15 is 0 Å². The Labute approximate surface area is 179 Å². The summed E-state index contributed by atoms with van der Waals surface area (Å²) in [6.45, 7) is 5.75. The molecule has 2 aliphatic heterocycles. The van der Waals surface area contributed by atoms with E-state index in [9.17, 15) is 19.2 Å². The molecule has 0 aliphatic carbocycles. The number of hydrogen-bond acceptors (Lipinski definition) is 5. The number of nitrogens with one attached hydrogen (secondary N) is 1. The van der Waals surface area contributed by atoms with Crippen LogP contribution < -0.4 is 15.0 Å². The van der Waals surface area contributed by atoms with Crippen LogP contribution in [0.15, 0.2) is 42.5 Å². The van der Waals surface area contributed by atoms with Gasteiger partial charge in [-0.1, -0.05) is 19.1 Å². The highest BCUT2D eigenvalue weighted by atomic mass is 16.5. The maximum atomic E-state index is 12.8. The van der Waals surface area contributed by atoms with Gasteiger partial charge in [-0.2, -0.15) is 0 Å². The third-order valence-corrected chi connectivity index (χ3v) is 5.48. The molecule has 0 saturated heterocycles. The lowest BCUT2D eigenvalue weighted by Crippen LogP contribution is -2.45. The van der Waals surface area contributed by atoms with Crippen LogP contribution in [0.25, 0.3) is 0 Å². The number of carbonyl (C=O) groups is 4. The molecule has 2 atom stereocenters. The first-order chi connectivity index (χ1) is 14.8. The highest BCUT2D eigenvalue weighted by Crippen LogP contribution is 2.36. The summed E-state index contributed by atoms with van der Waals surface area (Å²) in [5, 5.41) is 2.74. The van der Waals surface area contributed by atoms with Gasteiger partial charge in [-0.05, 0) is 44.5 Å². The average molecular weight is 421 g/mol. The van der Waals surface area contributed by atoms with Gasteiger partial charge >= 0.3 is 0 Å². The third-order valence-electron chi connectivity index (χ3n) is 5.48. The van der Waals surface area contributed by atoms with Crippen LogP contribution in [0.2, 0.25) is 0 Å². The number of hydrogen-bond donors (Lipinski definition) is 1. The van der Waals surface area contributed by atoms with E-state index in [2.05, 4.69) is 5.32 Å². The molecule has 0 bridgehead atoms. The van der Waals surface area contributed by atoms with Gasteiger partial charge in [-0.15, -0.1) is 0 Å². The monoisotopic (exact) mass is 421 g/mol. The van der Waals surface area contributed by atoms with Crippen LogP contribution >= 0.6 is 0 Å². The Balaban J connectivity index is 1.53. The molecule has 4 rings (SSSR count). The van der Waals surface area contributed by atoms with Crippen molar-refractivity contribution < 1.29 is 23.9 Å². The lowest BCUT2D eigenvalue weighted by atomic mass is 10.1. The summed E-state index contributed by atoms with van der Waals surface area (Å²) in [6.07, 6.45) is 0.177. The van der Waals surface area contributed by atoms with Crippen molar-refractivity contribution in [2.75, 3.05) is 16.8 Å². The Hall–Kier alpha value is -3.68. The van der Waals surface area contributed by atoms with Gasteiger partial charge in [0, 0.05) is 18.3 Å². The zero-order chi connectivity index (χ0) is 22.3. The highest BCUT2D eigenvalue weighted by molar-refractivity contribution is 6.23. The van der Waals surface area contributed by atoms with E-state index < -0.39 is 29.9 Å². The second-order valence-electron chi connectivity index (χ2n) is 7.62. The van der Waals surface area contributed by atoms with E-state index in [-0.39, 0.29) is 5.91 Å². The molecule has 8 heteroatoms. The summed E-state index contributed by atoms with van der Waals surface area (Å²) in [5.41, 5.74) is 1.69. The molecular weight excluding hydrogens is 398 g/mol. The van der Waals surface area contributed by atoms with Crippen LogP contribution in [0.5, 0.6) is 5.75 Å². The van der Waals surface area contributed by atoms with E-state index in [1.807, 2.05) is 6.92 Å². The molecule has 1 N–H and O–H groups in total. The topological polar surface area (TPSA) is 96.0 Å². The van der Waals surface area contributed by atoms with E-state index in [4.69, 9.17) is 4.74 Å². The van der Waals surface area contributed by atoms with Gasteiger partial charge in [0.05, 0.1) is 16.8 Å². The Morgan fingerprint density at radius 2 is 1.74 bits per heavy atom. The minimum Gasteiger partial charge on any atom is -0.479 e. The number of fused-ring (bicyclic) bond motifs is 2. The van der Waals surface area contributed by atoms with Gasteiger partial charge in [-0.3, -0.25) is 24.1 Å². The fourth-order valence-corrected chi connectivity index (χ4v) is 3.87. The van der Waals surface area contributed by atoms with Gasteiger partial charge in [-0.25, -0.2) is 0 Å². The maximum absolute atomic E-state index is 12.8. The Bertz CT molecular complexity index is 1060. The SMILES string of the molecule is CCCN1C(=O)C(C)Oc2cc(NC(=O)C(C)N3C(=O)c4ccccc4C3=O)ccc21. The molecule has 2 unspecified atom stereocenters. The summed E-state index contributed by atoms with van der Waals surface area (Å²) < 4.78 is 5.72. The fourth-order valence-electron chi connectivity index (χ4n) is 3.87. The van der Waals surface area contributed by atoms with Crippen LogP contribution in [0.4, 0.5) is 11.4 Å². The van der Waals surface area contributed by atoms with E-state index in [0.29, 0.717) is 34.8 Å². The molecule has 0 fully saturated rings. The van der Waals surface area contributed by atoms with Crippen molar-refractivity contribution in [1.29, 1.82) is 0 Å². The van der Waals surface area contributed by atoms with E-state index in [0.717, 1.165) is 11.3 Å². The van der Waals surface area contributed by atoms with Crippen molar-refractivity contribution in [3.63, 3.8) is 0 Å². The normalized spacial score (nSPS) is 18.4. The van der Waals surface area contributed by atoms with E-state index in [1.165, 1.54) is 6.92 Å². The standard InChI is InChI=1S/C23H23N3O5/c1-4-11-25-18-10-9-15(12-19(18)31-14(3)21(25)28)24-20(27)13(2)26-22(29)16-7-5-6-8-17(16)23(26)30/h5-10,12-14H,4,11H2,1-3H3,(H,24,27). The summed E-state index contributed by atoms with van der Waals surface area (Å²) in [7, 11) is 0. The van der Waals surface area contributed by atoms with Crippen LogP contribution in [0.3, 0.4) is 0 Å². The minimum atomic E-state index is -0.999. The predicted octanol–water partition coefficient (Wildman–Crippen LogP) is 2.83. The van der Waals surface area contributed by atoms with Gasteiger partial charge in [0.15, 0.2) is 6.10 Å². The third kappa shape index (κ3) is 3.43. The van der Waals surface area contributed by atoms with Crippen molar-refractivity contribution in [3.8, 4) is 5.75 Å². The van der Waals surface area contributed by atoms with E-state index in [1.54, 1.807) is 54.3 Å². The average Bonchev–Trinajstić information content (AvgIpc) is 3.01. The summed E-state index contributed by atoms with van der Waals surface area (Å²) >= 11 is 0. The van der Waals surface area contributed by atoms with Crippen molar-refractivity contribution >= 4 is 35.0 Å². The van der Waals surface area contributed by atoms with Gasteiger partial charge in [0.2, 0.25) is 5.91 Å². The number of imide groups is 1. The fraction of sp³-hybridized carbons (Fsp3) is 0.304. The quantitative estimate of drug-likeness (QED) is 0.749. The van der Waals surface area contributed by atoms with Crippen LogP contribution in [0.1, 0.15) is 47.9 Å². The Morgan fingerprint density at radius 1 is 1.10 bits per heavy atom. The molecule has 0 radical (unpaired) electrons. The molecule has 4 amide bonds. The minimum absolute atomic E-state index is 0.106. The van der Waals surface area contributed by atoms with Crippen molar-refractivity contribution in [2.24, 2.45) is 0 Å². The molecule has 2 aliphatic rings. The smallest absolute Gasteiger partial charge is 0.267 e. The lowest BCUT2D eigenvalue weighted by molar-refractivity contribution is -0.125. The first-order valence-corrected chi connectivity index (χ1v) is 10.2. The van der Waals surface area contributed by atoms with Crippen molar-refractivity contribution in [3.05, 3.63) is 53.6 Å². The Morgan fingerprint density at radius 3 is 2.35 bits per heavy atom. The van der Waals surface area contributed by atoms with Crippen molar-refractivity contribution in [1.82, 2.24) is 4.90 Å². The molecule has 0 saturated carbocycles. The zero-order valence-corrected chi connectivity index (χ0v) is 17.5. The maximum Gasteiger partial charge on any atom is 0.267 e. The Kier molecular flexibility index (Phi) is 5.22. The van der Waals surface area contributed by atoms with Gasteiger partial charge in [0.25, 0.3) is 17.7 Å². The number of ether oxygens (including phenoxy) is 1. The predicted molar refractivity (Wildman–Crippen MR) is 114 cm³/mol. The second kappa shape index (κ2) is 7.86. The summed E-state index contributed by atoms with van der Waals surface area (Å²) in [6, 6.07) is 10.5. The van der Waals surface area contributed by atoms with Crippen molar-refractivity contribution in [2.45, 2.75) is 39.3 Å². The highest BCUT2D eigenvalue weighted by Gasteiger charge is 2.40. The largest absolute Gasteiger partial charge is 0.479 e. The number of anilines is 2. The molecule has 2 aromatic rings. The zero-order valence-electron chi connectivity index (χ0n) is 17.5. The molecule has 31 heavy (non-hydrogen) atoms. The number of nitrogens with zero attached hydrogens (tertiary/aromatic N) is 2. The molecule has 2 heterocycles. The lowest BCUT2D eigenvalue weighted by Gasteiger charge is -2.33.